The third-order valence-corrected chi connectivity index (χ3v) is 8.53. The first-order chi connectivity index (χ1) is 16.2. The van der Waals surface area contributed by atoms with Crippen LogP contribution in [-0.2, 0) is 9.59 Å². The fraction of sp³-hybridized carbons (Fsp3) is 0.444. The summed E-state index contributed by atoms with van der Waals surface area (Å²) in [5.74, 6) is -0.684. The molecule has 2 heterocycles. The molecule has 2 aliphatic rings. The highest BCUT2D eigenvalue weighted by Crippen LogP contribution is 2.56. The first-order valence-electron chi connectivity index (χ1n) is 11.9. The lowest BCUT2D eigenvalue weighted by Crippen LogP contribution is -2.58. The molecule has 2 aromatic rings. The second-order valence-corrected chi connectivity index (χ2v) is 11.5. The summed E-state index contributed by atoms with van der Waals surface area (Å²) < 4.78 is -0.494. The summed E-state index contributed by atoms with van der Waals surface area (Å²) in [6.07, 6.45) is 0.734. The van der Waals surface area contributed by atoms with Crippen molar-refractivity contribution in [1.82, 2.24) is 15.5 Å². The predicted molar refractivity (Wildman–Crippen MR) is 135 cm³/mol. The Bertz CT molecular complexity index is 1090. The molecule has 6 nitrogen and oxygen atoms in total. The summed E-state index contributed by atoms with van der Waals surface area (Å²) >= 11 is 1.62. The van der Waals surface area contributed by atoms with Gasteiger partial charge in [-0.3, -0.25) is 14.4 Å². The topological polar surface area (TPSA) is 78.5 Å². The van der Waals surface area contributed by atoms with Crippen molar-refractivity contribution < 1.29 is 14.4 Å². The van der Waals surface area contributed by atoms with Crippen LogP contribution in [0.5, 0.6) is 0 Å². The van der Waals surface area contributed by atoms with Gasteiger partial charge in [0.15, 0.2) is 0 Å². The summed E-state index contributed by atoms with van der Waals surface area (Å²) in [5, 5.41) is 5.89. The van der Waals surface area contributed by atoms with Gasteiger partial charge >= 0.3 is 0 Å². The number of carbonyl (C=O) groups excluding carboxylic acids is 3. The standard InChI is InChI=1S/C27H33N3O3S/c1-6-16(2)21(23(31)28-17(3)18-12-8-7-9-13-18)29-24(32)22-27(4,5)34-26-20-15-11-10-14-19(20)25(33)30(22)26/h7-17,21-22,26H,6H2,1-5H3,(H,28,31)(H,29,32)/t16-,17+,21+,22-,26-/m1/s1. The van der Waals surface area contributed by atoms with Crippen LogP contribution in [-0.4, -0.2) is 39.5 Å². The monoisotopic (exact) mass is 479 g/mol. The normalized spacial score (nSPS) is 23.0. The average molecular weight is 480 g/mol. The summed E-state index contributed by atoms with van der Waals surface area (Å²) in [4.78, 5) is 41.9. The molecule has 2 N–H and O–H groups in total. The van der Waals surface area contributed by atoms with E-state index in [0.717, 1.165) is 17.5 Å². The van der Waals surface area contributed by atoms with Gasteiger partial charge in [0.05, 0.1) is 6.04 Å². The maximum Gasteiger partial charge on any atom is 0.256 e. The smallest absolute Gasteiger partial charge is 0.256 e. The fourth-order valence-corrected chi connectivity index (χ4v) is 6.46. The van der Waals surface area contributed by atoms with Crippen molar-refractivity contribution in [3.8, 4) is 0 Å². The number of hydrogen-bond acceptors (Lipinski definition) is 4. The largest absolute Gasteiger partial charge is 0.348 e. The Labute approximate surface area is 205 Å². The molecule has 5 atom stereocenters. The molecule has 1 saturated heterocycles. The zero-order chi connectivity index (χ0) is 24.6. The van der Waals surface area contributed by atoms with E-state index in [2.05, 4.69) is 10.6 Å². The molecule has 4 rings (SSSR count). The summed E-state index contributed by atoms with van der Waals surface area (Å²) in [5.41, 5.74) is 2.61. The van der Waals surface area contributed by atoms with Gasteiger partial charge in [-0.2, -0.15) is 0 Å². The number of carbonyl (C=O) groups is 3. The quantitative estimate of drug-likeness (QED) is 0.615. The van der Waals surface area contributed by atoms with Crippen molar-refractivity contribution in [3.63, 3.8) is 0 Å². The lowest BCUT2D eigenvalue weighted by Gasteiger charge is -2.32. The lowest BCUT2D eigenvalue weighted by atomic mass is 9.95. The second kappa shape index (κ2) is 9.45. The Kier molecular flexibility index (Phi) is 6.76. The Morgan fingerprint density at radius 2 is 1.68 bits per heavy atom. The van der Waals surface area contributed by atoms with Crippen LogP contribution >= 0.6 is 11.8 Å². The van der Waals surface area contributed by atoms with Gasteiger partial charge < -0.3 is 15.5 Å². The molecule has 0 radical (unpaired) electrons. The third kappa shape index (κ3) is 4.33. The fourth-order valence-electron chi connectivity index (χ4n) is 4.87. The van der Waals surface area contributed by atoms with Gasteiger partial charge in [0, 0.05) is 10.3 Å². The van der Waals surface area contributed by atoms with Gasteiger partial charge in [0.2, 0.25) is 11.8 Å². The number of nitrogens with one attached hydrogen (secondary N) is 2. The highest BCUT2D eigenvalue weighted by Gasteiger charge is 2.57. The Morgan fingerprint density at radius 1 is 1.03 bits per heavy atom. The van der Waals surface area contributed by atoms with Crippen molar-refractivity contribution in [2.75, 3.05) is 0 Å². The Balaban J connectivity index is 1.55. The summed E-state index contributed by atoms with van der Waals surface area (Å²) in [6, 6.07) is 15.8. The number of nitrogens with zero attached hydrogens (tertiary/aromatic N) is 1. The van der Waals surface area contributed by atoms with Crippen LogP contribution in [0, 0.1) is 5.92 Å². The molecule has 0 aliphatic carbocycles. The second-order valence-electron chi connectivity index (χ2n) is 9.79. The average Bonchev–Trinajstić information content (AvgIpc) is 3.26. The minimum absolute atomic E-state index is 0.0636. The van der Waals surface area contributed by atoms with E-state index in [0.29, 0.717) is 5.56 Å². The van der Waals surface area contributed by atoms with Crippen molar-refractivity contribution in [2.45, 2.75) is 69.3 Å². The van der Waals surface area contributed by atoms with Crippen LogP contribution in [0.25, 0.3) is 0 Å². The van der Waals surface area contributed by atoms with E-state index in [9.17, 15) is 14.4 Å². The molecule has 180 valence electrons. The summed E-state index contributed by atoms with van der Waals surface area (Å²) in [7, 11) is 0. The molecule has 0 aromatic heterocycles. The molecule has 0 spiro atoms. The molecule has 7 heteroatoms. The third-order valence-electron chi connectivity index (χ3n) is 7.00. The van der Waals surface area contributed by atoms with Crippen LogP contribution < -0.4 is 10.6 Å². The number of benzene rings is 2. The molecule has 34 heavy (non-hydrogen) atoms. The number of hydrogen-bond donors (Lipinski definition) is 2. The van der Waals surface area contributed by atoms with E-state index < -0.39 is 16.8 Å². The van der Waals surface area contributed by atoms with Crippen molar-refractivity contribution in [3.05, 3.63) is 71.3 Å². The number of amides is 3. The SMILES string of the molecule is CC[C@@H](C)[C@H](NC(=O)[C@H]1N2C(=O)c3ccccc3[C@H]2SC1(C)C)C(=O)N[C@@H](C)c1ccccc1. The predicted octanol–water partition coefficient (Wildman–Crippen LogP) is 4.44. The molecule has 3 amide bonds. The number of fused-ring (bicyclic) bond motifs is 3. The van der Waals surface area contributed by atoms with Gasteiger partial charge in [0.25, 0.3) is 5.91 Å². The first kappa shape index (κ1) is 24.3. The van der Waals surface area contributed by atoms with Crippen molar-refractivity contribution in [2.24, 2.45) is 5.92 Å². The highest BCUT2D eigenvalue weighted by atomic mass is 32.2. The van der Waals surface area contributed by atoms with E-state index in [1.165, 1.54) is 0 Å². The van der Waals surface area contributed by atoms with Crippen LogP contribution in [0.3, 0.4) is 0 Å². The molecule has 0 unspecified atom stereocenters. The molecular weight excluding hydrogens is 446 g/mol. The van der Waals surface area contributed by atoms with E-state index >= 15 is 0 Å². The van der Waals surface area contributed by atoms with Crippen molar-refractivity contribution in [1.29, 1.82) is 0 Å². The Hall–Kier alpha value is -2.80. The molecule has 0 bridgehead atoms. The lowest BCUT2D eigenvalue weighted by molar-refractivity contribution is -0.133. The minimum Gasteiger partial charge on any atom is -0.348 e. The zero-order valence-electron chi connectivity index (χ0n) is 20.4. The zero-order valence-corrected chi connectivity index (χ0v) is 21.2. The van der Waals surface area contributed by atoms with Crippen LogP contribution in [0.1, 0.15) is 73.9 Å². The van der Waals surface area contributed by atoms with Gasteiger partial charge in [-0.05, 0) is 43.9 Å². The van der Waals surface area contributed by atoms with Crippen LogP contribution in [0.2, 0.25) is 0 Å². The molecular formula is C27H33N3O3S. The highest BCUT2D eigenvalue weighted by molar-refractivity contribution is 8.01. The number of rotatable bonds is 7. The summed E-state index contributed by atoms with van der Waals surface area (Å²) in [6.45, 7) is 9.89. The first-order valence-corrected chi connectivity index (χ1v) is 12.8. The van der Waals surface area contributed by atoms with E-state index in [4.69, 9.17) is 0 Å². The van der Waals surface area contributed by atoms with E-state index in [-0.39, 0.29) is 35.1 Å². The van der Waals surface area contributed by atoms with Crippen LogP contribution in [0.4, 0.5) is 0 Å². The van der Waals surface area contributed by atoms with Crippen LogP contribution in [0.15, 0.2) is 54.6 Å². The van der Waals surface area contributed by atoms with E-state index in [1.54, 1.807) is 16.7 Å². The molecule has 1 fully saturated rings. The van der Waals surface area contributed by atoms with Gasteiger partial charge in [0.1, 0.15) is 17.5 Å². The van der Waals surface area contributed by atoms with E-state index in [1.807, 2.05) is 89.2 Å². The molecule has 2 aliphatic heterocycles. The molecule has 2 aromatic carbocycles. The van der Waals surface area contributed by atoms with Gasteiger partial charge in [-0.25, -0.2) is 0 Å². The maximum absolute atomic E-state index is 13.7. The molecule has 0 saturated carbocycles. The Morgan fingerprint density at radius 3 is 2.35 bits per heavy atom. The maximum atomic E-state index is 13.7. The van der Waals surface area contributed by atoms with Crippen molar-refractivity contribution >= 4 is 29.5 Å². The minimum atomic E-state index is -0.691. The van der Waals surface area contributed by atoms with Gasteiger partial charge in [-0.1, -0.05) is 68.8 Å². The van der Waals surface area contributed by atoms with Gasteiger partial charge in [-0.15, -0.1) is 11.8 Å². The number of thioether (sulfide) groups is 1.